The zero-order valence-corrected chi connectivity index (χ0v) is 31.1. The van der Waals surface area contributed by atoms with Crippen LogP contribution in [0.4, 0.5) is 0 Å². The van der Waals surface area contributed by atoms with Gasteiger partial charge in [-0.05, 0) is 62.3 Å². The minimum absolute atomic E-state index is 0.947. The number of hydrogen-bond acceptors (Lipinski definition) is 2. The minimum Gasteiger partial charge on any atom is -0.309 e. The van der Waals surface area contributed by atoms with Crippen LogP contribution in [-0.2, 0) is 0 Å². The second-order valence-electron chi connectivity index (χ2n) is 14.6. The fraction of sp³-hybridized carbons (Fsp3) is 0. The molecule has 0 radical (unpaired) electrons. The van der Waals surface area contributed by atoms with Gasteiger partial charge in [-0.3, -0.25) is 0 Å². The first kappa shape index (κ1) is 31.3. The highest BCUT2D eigenvalue weighted by Crippen LogP contribution is 2.52. The van der Waals surface area contributed by atoms with Crippen LogP contribution in [0.2, 0.25) is 0 Å². The van der Waals surface area contributed by atoms with Gasteiger partial charge in [-0.25, -0.2) is 4.98 Å². The summed E-state index contributed by atoms with van der Waals surface area (Å²) in [6, 6.07) is 70.6. The van der Waals surface area contributed by atoms with Crippen molar-refractivity contribution in [2.45, 2.75) is 0 Å². The monoisotopic (exact) mass is 728 g/mol. The average Bonchev–Trinajstić information content (AvgIpc) is 3.84. The van der Waals surface area contributed by atoms with E-state index in [1.807, 2.05) is 11.3 Å². The normalized spacial score (nSPS) is 11.9. The number of hydrogen-bond donors (Lipinski definition) is 0. The van der Waals surface area contributed by atoms with Gasteiger partial charge in [0.2, 0.25) is 0 Å². The zero-order valence-electron chi connectivity index (χ0n) is 30.3. The van der Waals surface area contributed by atoms with Crippen molar-refractivity contribution in [3.8, 4) is 39.3 Å². The largest absolute Gasteiger partial charge is 0.309 e. The Labute approximate surface area is 327 Å². The summed E-state index contributed by atoms with van der Waals surface area (Å²) in [5, 5.41) is 12.9. The molecule has 0 amide bonds. The van der Waals surface area contributed by atoms with Crippen LogP contribution in [0.1, 0.15) is 0 Å². The molecule has 0 aliphatic heterocycles. The first-order valence-corrected chi connectivity index (χ1v) is 19.9. The molecule has 3 heteroatoms. The summed E-state index contributed by atoms with van der Waals surface area (Å²) < 4.78 is 5.14. The number of para-hydroxylation sites is 1. The third kappa shape index (κ3) is 4.59. The lowest BCUT2D eigenvalue weighted by molar-refractivity contribution is 1.16. The smallest absolute Gasteiger partial charge is 0.0730 e. The van der Waals surface area contributed by atoms with E-state index in [0.717, 1.165) is 28.2 Å². The number of benzene rings is 9. The molecule has 260 valence electrons. The van der Waals surface area contributed by atoms with E-state index in [1.54, 1.807) is 0 Å². The number of fused-ring (bicyclic) bond motifs is 13. The second kappa shape index (κ2) is 12.2. The molecule has 12 aromatic rings. The number of nitrogens with zero attached hydrogens (tertiary/aromatic N) is 2. The number of thiophene rings is 1. The van der Waals surface area contributed by atoms with E-state index in [-0.39, 0.29) is 0 Å². The Balaban J connectivity index is 1.30. The van der Waals surface area contributed by atoms with Gasteiger partial charge in [0.1, 0.15) is 0 Å². The van der Waals surface area contributed by atoms with Gasteiger partial charge in [0, 0.05) is 47.5 Å². The van der Waals surface area contributed by atoms with Gasteiger partial charge in [0.05, 0.1) is 28.1 Å². The minimum atomic E-state index is 0.947. The highest BCUT2D eigenvalue weighted by atomic mass is 32.1. The lowest BCUT2D eigenvalue weighted by Gasteiger charge is -2.15. The summed E-state index contributed by atoms with van der Waals surface area (Å²) >= 11 is 1.95. The average molecular weight is 729 g/mol. The molecular weight excluding hydrogens is 697 g/mol. The Kier molecular flexibility index (Phi) is 6.83. The summed E-state index contributed by atoms with van der Waals surface area (Å²) in [4.78, 5) is 5.27. The van der Waals surface area contributed by atoms with Crippen molar-refractivity contribution < 1.29 is 0 Å². The predicted molar refractivity (Wildman–Crippen MR) is 240 cm³/mol. The molecule has 0 aliphatic rings. The van der Waals surface area contributed by atoms with Crippen LogP contribution in [0, 0.1) is 0 Å². The van der Waals surface area contributed by atoms with Gasteiger partial charge >= 0.3 is 0 Å². The topological polar surface area (TPSA) is 17.8 Å². The van der Waals surface area contributed by atoms with Crippen LogP contribution in [0.3, 0.4) is 0 Å². The molecule has 3 heterocycles. The van der Waals surface area contributed by atoms with Crippen LogP contribution in [0.15, 0.2) is 194 Å². The molecule has 3 aromatic heterocycles. The number of pyridine rings is 1. The van der Waals surface area contributed by atoms with Gasteiger partial charge in [-0.15, -0.1) is 11.3 Å². The van der Waals surface area contributed by atoms with Crippen LogP contribution in [-0.4, -0.2) is 9.55 Å². The van der Waals surface area contributed by atoms with Crippen LogP contribution in [0.25, 0.3) is 114 Å². The summed E-state index contributed by atoms with van der Waals surface area (Å²) in [6.45, 7) is 0. The van der Waals surface area contributed by atoms with E-state index in [2.05, 4.69) is 199 Å². The SMILES string of the molecule is c1ccc(-c2cc(-n3c4ccccc4c4c5sc6c7ccccc7c7ccccc7c6c5c(-c5cccc6ccccc56)cc43)cc(-c3ccccc3)n2)cc1. The van der Waals surface area contributed by atoms with Crippen molar-refractivity contribution in [2.75, 3.05) is 0 Å². The molecule has 0 saturated carbocycles. The van der Waals surface area contributed by atoms with Gasteiger partial charge in [0.25, 0.3) is 0 Å². The van der Waals surface area contributed by atoms with Crippen molar-refractivity contribution in [3.63, 3.8) is 0 Å². The quantitative estimate of drug-likeness (QED) is 0.165. The predicted octanol–water partition coefficient (Wildman–Crippen LogP) is 15.0. The van der Waals surface area contributed by atoms with Crippen molar-refractivity contribution in [3.05, 3.63) is 194 Å². The van der Waals surface area contributed by atoms with E-state index in [1.165, 1.54) is 85.4 Å². The maximum atomic E-state index is 5.27. The van der Waals surface area contributed by atoms with Crippen molar-refractivity contribution in [1.82, 2.24) is 9.55 Å². The summed E-state index contributed by atoms with van der Waals surface area (Å²) in [5.41, 5.74) is 10.0. The van der Waals surface area contributed by atoms with Crippen LogP contribution < -0.4 is 0 Å². The maximum absolute atomic E-state index is 5.27. The third-order valence-electron chi connectivity index (χ3n) is 11.5. The third-order valence-corrected chi connectivity index (χ3v) is 12.8. The van der Waals surface area contributed by atoms with Crippen LogP contribution >= 0.6 is 11.3 Å². The maximum Gasteiger partial charge on any atom is 0.0730 e. The lowest BCUT2D eigenvalue weighted by atomic mass is 9.90. The fourth-order valence-corrected chi connectivity index (χ4v) is 10.6. The van der Waals surface area contributed by atoms with Gasteiger partial charge < -0.3 is 4.57 Å². The van der Waals surface area contributed by atoms with Gasteiger partial charge in [-0.1, -0.05) is 170 Å². The molecule has 0 atom stereocenters. The first-order chi connectivity index (χ1) is 27.8. The fourth-order valence-electron chi connectivity index (χ4n) is 9.12. The van der Waals surface area contributed by atoms with Crippen molar-refractivity contribution in [1.29, 1.82) is 0 Å². The zero-order chi connectivity index (χ0) is 36.7. The van der Waals surface area contributed by atoms with E-state index in [9.17, 15) is 0 Å². The van der Waals surface area contributed by atoms with Crippen molar-refractivity contribution >= 4 is 85.6 Å². The summed E-state index contributed by atoms with van der Waals surface area (Å²) in [6.07, 6.45) is 0. The first-order valence-electron chi connectivity index (χ1n) is 19.1. The molecule has 0 saturated heterocycles. The number of rotatable bonds is 4. The Hall–Kier alpha value is -7.07. The Morgan fingerprint density at radius 1 is 0.357 bits per heavy atom. The standard InChI is InChI=1S/C53H32N2S/c1-3-17-34(18-4-1)45-30-36(31-46(54-45)35-19-5-2-6-20-35)55-47-29-14-13-27-43(47)49-48(55)32-44(38-28-15-21-33-16-7-8-22-37(33)38)51-50-41-25-11-9-23-39(41)40-24-10-12-26-42(40)52(50)56-53(49)51/h1-32H. The summed E-state index contributed by atoms with van der Waals surface area (Å²) in [5.74, 6) is 0. The van der Waals surface area contributed by atoms with Crippen molar-refractivity contribution in [2.24, 2.45) is 0 Å². The molecule has 0 spiro atoms. The summed E-state index contributed by atoms with van der Waals surface area (Å²) in [7, 11) is 0. The van der Waals surface area contributed by atoms with E-state index in [4.69, 9.17) is 4.98 Å². The number of aromatic nitrogens is 2. The Morgan fingerprint density at radius 2 is 0.911 bits per heavy atom. The van der Waals surface area contributed by atoms with Crippen LogP contribution in [0.5, 0.6) is 0 Å². The second-order valence-corrected chi connectivity index (χ2v) is 15.6. The Morgan fingerprint density at radius 3 is 1.62 bits per heavy atom. The highest BCUT2D eigenvalue weighted by Gasteiger charge is 2.24. The molecule has 9 aromatic carbocycles. The molecule has 0 fully saturated rings. The molecule has 0 unspecified atom stereocenters. The molecule has 12 rings (SSSR count). The van der Waals surface area contributed by atoms with E-state index in [0.29, 0.717) is 0 Å². The Bertz CT molecular complexity index is 3460. The molecule has 0 bridgehead atoms. The molecular formula is C53H32N2S. The van der Waals surface area contributed by atoms with Gasteiger partial charge in [-0.2, -0.15) is 0 Å². The highest BCUT2D eigenvalue weighted by molar-refractivity contribution is 7.28. The molecule has 0 aliphatic carbocycles. The van der Waals surface area contributed by atoms with E-state index >= 15 is 0 Å². The molecule has 2 nitrogen and oxygen atoms in total. The van der Waals surface area contributed by atoms with E-state index < -0.39 is 0 Å². The molecule has 0 N–H and O–H groups in total. The molecule has 56 heavy (non-hydrogen) atoms. The lowest BCUT2D eigenvalue weighted by Crippen LogP contribution is -1.98. The van der Waals surface area contributed by atoms with Gasteiger partial charge in [0.15, 0.2) is 0 Å².